The first-order chi connectivity index (χ1) is 8.86. The molecular formula is C12H20ClF3N2O2. The van der Waals surface area contributed by atoms with Crippen LogP contribution < -0.4 is 10.6 Å². The van der Waals surface area contributed by atoms with Gasteiger partial charge in [0.15, 0.2) is 6.10 Å². The zero-order valence-electron chi connectivity index (χ0n) is 11.0. The van der Waals surface area contributed by atoms with E-state index < -0.39 is 24.2 Å². The van der Waals surface area contributed by atoms with E-state index in [-0.39, 0.29) is 24.2 Å². The van der Waals surface area contributed by atoms with E-state index in [2.05, 4.69) is 10.6 Å². The standard InChI is InChI=1S/C12H19F3N2O2.ClH/c13-12(14,15)9(18)6-17-10(19)11-4-2-1-3-8(11)5-16-7-11;/h8-9,16,18H,1-7H2,(H,17,19);1H/t8-,9?,11+;/m0./s1. The number of carbonyl (C=O) groups is 1. The Bertz CT molecular complexity index is 354. The van der Waals surface area contributed by atoms with Gasteiger partial charge in [-0.25, -0.2) is 0 Å². The van der Waals surface area contributed by atoms with Crippen LogP contribution in [-0.2, 0) is 4.79 Å². The number of alkyl halides is 3. The summed E-state index contributed by atoms with van der Waals surface area (Å²) in [5.74, 6) is -0.158. The molecule has 2 fully saturated rings. The number of halogens is 4. The Kier molecular flexibility index (Phi) is 5.69. The lowest BCUT2D eigenvalue weighted by molar-refractivity contribution is -0.202. The Balaban J connectivity index is 0.00000200. The molecule has 1 aliphatic carbocycles. The lowest BCUT2D eigenvalue weighted by Crippen LogP contribution is -2.51. The van der Waals surface area contributed by atoms with Gasteiger partial charge in [-0.05, 0) is 25.3 Å². The summed E-state index contributed by atoms with van der Waals surface area (Å²) in [6.07, 6.45) is -3.56. The van der Waals surface area contributed by atoms with Crippen LogP contribution in [0.1, 0.15) is 25.7 Å². The topological polar surface area (TPSA) is 61.4 Å². The highest BCUT2D eigenvalue weighted by Gasteiger charge is 2.50. The van der Waals surface area contributed by atoms with Gasteiger partial charge < -0.3 is 15.7 Å². The molecule has 0 aromatic rings. The average Bonchev–Trinajstić information content (AvgIpc) is 2.79. The van der Waals surface area contributed by atoms with Gasteiger partial charge in [0.1, 0.15) is 0 Å². The first-order valence-corrected chi connectivity index (χ1v) is 6.60. The lowest BCUT2D eigenvalue weighted by atomic mass is 9.67. The fraction of sp³-hybridized carbons (Fsp3) is 0.917. The quantitative estimate of drug-likeness (QED) is 0.734. The third kappa shape index (κ3) is 3.38. The smallest absolute Gasteiger partial charge is 0.382 e. The van der Waals surface area contributed by atoms with Crippen molar-refractivity contribution in [2.45, 2.75) is 38.0 Å². The number of carbonyl (C=O) groups excluding carboxylic acids is 1. The predicted molar refractivity (Wildman–Crippen MR) is 69.6 cm³/mol. The van der Waals surface area contributed by atoms with Crippen LogP contribution in [0, 0.1) is 11.3 Å². The Morgan fingerprint density at radius 2 is 2.15 bits per heavy atom. The number of hydrogen-bond donors (Lipinski definition) is 3. The summed E-state index contributed by atoms with van der Waals surface area (Å²) in [5.41, 5.74) is -0.580. The molecule has 2 aliphatic rings. The highest BCUT2D eigenvalue weighted by Crippen LogP contribution is 2.43. The summed E-state index contributed by atoms with van der Waals surface area (Å²) in [6.45, 7) is 0.498. The molecule has 1 saturated heterocycles. The first kappa shape index (κ1) is 17.5. The van der Waals surface area contributed by atoms with Gasteiger partial charge in [-0.1, -0.05) is 12.8 Å². The Morgan fingerprint density at radius 3 is 2.80 bits per heavy atom. The largest absolute Gasteiger partial charge is 0.416 e. The Hall–Kier alpha value is -0.530. The van der Waals surface area contributed by atoms with Crippen molar-refractivity contribution < 1.29 is 23.1 Å². The van der Waals surface area contributed by atoms with Gasteiger partial charge in [0.2, 0.25) is 5.91 Å². The van der Waals surface area contributed by atoms with Crippen molar-refractivity contribution in [3.05, 3.63) is 0 Å². The van der Waals surface area contributed by atoms with Crippen LogP contribution in [-0.4, -0.2) is 42.9 Å². The number of amides is 1. The molecule has 118 valence electrons. The summed E-state index contributed by atoms with van der Waals surface area (Å²) in [5, 5.41) is 14.3. The van der Waals surface area contributed by atoms with Gasteiger partial charge in [-0.3, -0.25) is 4.79 Å². The van der Waals surface area contributed by atoms with Crippen molar-refractivity contribution in [1.82, 2.24) is 10.6 Å². The lowest BCUT2D eigenvalue weighted by Gasteiger charge is -2.37. The molecule has 1 aliphatic heterocycles. The van der Waals surface area contributed by atoms with Crippen LogP contribution in [0.2, 0.25) is 0 Å². The van der Waals surface area contributed by atoms with E-state index in [9.17, 15) is 18.0 Å². The van der Waals surface area contributed by atoms with Crippen molar-refractivity contribution in [2.24, 2.45) is 11.3 Å². The van der Waals surface area contributed by atoms with Crippen LogP contribution in [0.25, 0.3) is 0 Å². The van der Waals surface area contributed by atoms with Crippen LogP contribution in [0.5, 0.6) is 0 Å². The van der Waals surface area contributed by atoms with E-state index in [1.165, 1.54) is 0 Å². The van der Waals surface area contributed by atoms with E-state index >= 15 is 0 Å². The number of fused-ring (bicyclic) bond motifs is 1. The molecule has 0 spiro atoms. The van der Waals surface area contributed by atoms with Gasteiger partial charge >= 0.3 is 6.18 Å². The molecule has 1 amide bonds. The second-order valence-electron chi connectivity index (χ2n) is 5.50. The molecule has 3 atom stereocenters. The van der Waals surface area contributed by atoms with Gasteiger partial charge in [-0.15, -0.1) is 12.4 Å². The molecule has 3 N–H and O–H groups in total. The van der Waals surface area contributed by atoms with Crippen LogP contribution in [0.3, 0.4) is 0 Å². The van der Waals surface area contributed by atoms with Gasteiger partial charge in [0.05, 0.1) is 12.0 Å². The molecule has 1 saturated carbocycles. The number of rotatable bonds is 3. The summed E-state index contributed by atoms with van der Waals surface area (Å²) in [7, 11) is 0. The maximum Gasteiger partial charge on any atom is 0.416 e. The minimum atomic E-state index is -4.69. The molecule has 20 heavy (non-hydrogen) atoms. The molecule has 1 unspecified atom stereocenters. The summed E-state index contributed by atoms with van der Waals surface area (Å²) in [4.78, 5) is 12.2. The van der Waals surface area contributed by atoms with Crippen LogP contribution >= 0.6 is 12.4 Å². The molecule has 2 rings (SSSR count). The molecule has 0 aromatic heterocycles. The van der Waals surface area contributed by atoms with Crippen molar-refractivity contribution in [2.75, 3.05) is 19.6 Å². The van der Waals surface area contributed by atoms with Gasteiger partial charge in [0.25, 0.3) is 0 Å². The monoisotopic (exact) mass is 316 g/mol. The molecule has 8 heteroatoms. The predicted octanol–water partition coefficient (Wildman–Crippen LogP) is 1.23. The van der Waals surface area contributed by atoms with Crippen molar-refractivity contribution >= 4 is 18.3 Å². The summed E-state index contributed by atoms with van der Waals surface area (Å²) >= 11 is 0. The van der Waals surface area contributed by atoms with Crippen LogP contribution in [0.4, 0.5) is 13.2 Å². The van der Waals surface area contributed by atoms with Gasteiger partial charge in [-0.2, -0.15) is 13.2 Å². The highest BCUT2D eigenvalue weighted by atomic mass is 35.5. The molecule has 4 nitrogen and oxygen atoms in total. The van der Waals surface area contributed by atoms with Gasteiger partial charge in [0, 0.05) is 6.54 Å². The first-order valence-electron chi connectivity index (χ1n) is 6.60. The number of aliphatic hydroxyl groups is 1. The highest BCUT2D eigenvalue weighted by molar-refractivity contribution is 5.85. The fourth-order valence-corrected chi connectivity index (χ4v) is 3.17. The molecule has 0 aromatic carbocycles. The normalized spacial score (nSPS) is 31.1. The minimum Gasteiger partial charge on any atom is -0.382 e. The maximum absolute atomic E-state index is 12.2. The average molecular weight is 317 g/mol. The molecule has 0 bridgehead atoms. The molecule has 1 heterocycles. The van der Waals surface area contributed by atoms with Crippen molar-refractivity contribution in [3.8, 4) is 0 Å². The van der Waals surface area contributed by atoms with Crippen LogP contribution in [0.15, 0.2) is 0 Å². The molecular weight excluding hydrogens is 297 g/mol. The van der Waals surface area contributed by atoms with E-state index in [4.69, 9.17) is 5.11 Å². The number of hydrogen-bond acceptors (Lipinski definition) is 3. The van der Waals surface area contributed by atoms with E-state index in [1.54, 1.807) is 0 Å². The Morgan fingerprint density at radius 1 is 1.45 bits per heavy atom. The third-order valence-electron chi connectivity index (χ3n) is 4.32. The van der Waals surface area contributed by atoms with E-state index in [0.29, 0.717) is 13.0 Å². The molecule has 0 radical (unpaired) electrons. The Labute approximate surface area is 121 Å². The zero-order chi connectivity index (χ0) is 14.1. The van der Waals surface area contributed by atoms with E-state index in [1.807, 2.05) is 0 Å². The van der Waals surface area contributed by atoms with E-state index in [0.717, 1.165) is 25.8 Å². The number of aliphatic hydroxyl groups excluding tert-OH is 1. The fourth-order valence-electron chi connectivity index (χ4n) is 3.17. The second kappa shape index (κ2) is 6.49. The van der Waals surface area contributed by atoms with Crippen molar-refractivity contribution in [1.29, 1.82) is 0 Å². The number of nitrogens with one attached hydrogen (secondary N) is 2. The van der Waals surface area contributed by atoms with Crippen molar-refractivity contribution in [3.63, 3.8) is 0 Å². The SMILES string of the molecule is Cl.O=C(NCC(O)C(F)(F)F)[C@@]12CCCC[C@H]1CNC2. The minimum absolute atomic E-state index is 0. The summed E-state index contributed by atoms with van der Waals surface area (Å²) in [6, 6.07) is 0. The maximum atomic E-state index is 12.2. The second-order valence-corrected chi connectivity index (χ2v) is 5.50. The zero-order valence-corrected chi connectivity index (χ0v) is 11.8. The summed E-state index contributed by atoms with van der Waals surface area (Å²) < 4.78 is 36.6. The third-order valence-corrected chi connectivity index (χ3v) is 4.32.